The Morgan fingerprint density at radius 3 is 2.00 bits per heavy atom. The van der Waals surface area contributed by atoms with E-state index in [0.717, 1.165) is 11.8 Å². The van der Waals surface area contributed by atoms with E-state index in [2.05, 4.69) is 20.8 Å². The second kappa shape index (κ2) is 0.911. The largest absolute Gasteiger partial charge is 0.325 e. The highest BCUT2D eigenvalue weighted by molar-refractivity contribution is 5.48. The fraction of sp³-hybridized carbons (Fsp3) is 1.00. The van der Waals surface area contributed by atoms with Gasteiger partial charge in [0.05, 0.1) is 0 Å². The average molecular weight is 137 g/mol. The van der Waals surface area contributed by atoms with E-state index in [-0.39, 0.29) is 5.54 Å². The van der Waals surface area contributed by atoms with Crippen molar-refractivity contribution >= 4 is 0 Å². The van der Waals surface area contributed by atoms with Gasteiger partial charge in [-0.2, -0.15) is 0 Å². The van der Waals surface area contributed by atoms with Crippen molar-refractivity contribution in [2.24, 2.45) is 28.4 Å². The molecule has 3 fully saturated rings. The fourth-order valence-electron chi connectivity index (χ4n) is 4.41. The van der Waals surface area contributed by atoms with Crippen molar-refractivity contribution in [2.45, 2.75) is 32.7 Å². The van der Waals surface area contributed by atoms with Crippen molar-refractivity contribution < 1.29 is 0 Å². The number of nitrogens with two attached hydrogens (primary N) is 1. The molecule has 3 saturated carbocycles. The first kappa shape index (κ1) is 5.59. The number of rotatable bonds is 0. The topological polar surface area (TPSA) is 26.0 Å². The maximum Gasteiger partial charge on any atom is 0.0229 e. The molecule has 4 atom stereocenters. The van der Waals surface area contributed by atoms with Crippen molar-refractivity contribution in [3.05, 3.63) is 0 Å². The summed E-state index contributed by atoms with van der Waals surface area (Å²) < 4.78 is 0. The zero-order valence-electron chi connectivity index (χ0n) is 6.94. The minimum absolute atomic E-state index is 0.223. The first-order valence-electron chi connectivity index (χ1n) is 4.24. The quantitative estimate of drug-likeness (QED) is 0.536. The lowest BCUT2D eigenvalue weighted by Gasteiger charge is -2.32. The maximum absolute atomic E-state index is 6.17. The average Bonchev–Trinajstić information content (AvgIpc) is 2.46. The van der Waals surface area contributed by atoms with Gasteiger partial charge < -0.3 is 5.73 Å². The van der Waals surface area contributed by atoms with E-state index < -0.39 is 0 Å². The van der Waals surface area contributed by atoms with Gasteiger partial charge in [-0.15, -0.1) is 0 Å². The van der Waals surface area contributed by atoms with Gasteiger partial charge in [-0.3, -0.25) is 0 Å². The van der Waals surface area contributed by atoms with Crippen molar-refractivity contribution in [1.82, 2.24) is 0 Å². The Morgan fingerprint density at radius 1 is 1.30 bits per heavy atom. The predicted molar refractivity (Wildman–Crippen MR) is 40.4 cm³/mol. The summed E-state index contributed by atoms with van der Waals surface area (Å²) in [6.45, 7) is 7.00. The lowest BCUT2D eigenvalue weighted by molar-refractivity contribution is 0.150. The molecule has 0 aliphatic heterocycles. The highest BCUT2D eigenvalue weighted by Crippen LogP contribution is 2.97. The molecular formula is C9H15N. The summed E-state index contributed by atoms with van der Waals surface area (Å²) in [7, 11) is 0. The minimum atomic E-state index is 0.223. The van der Waals surface area contributed by atoms with Crippen LogP contribution in [0.1, 0.15) is 27.2 Å². The number of hydrogen-bond donors (Lipinski definition) is 1. The van der Waals surface area contributed by atoms with Crippen molar-refractivity contribution in [2.75, 3.05) is 0 Å². The van der Waals surface area contributed by atoms with Gasteiger partial charge in [0.2, 0.25) is 0 Å². The Balaban J connectivity index is 2.08. The smallest absolute Gasteiger partial charge is 0.0229 e. The van der Waals surface area contributed by atoms with Crippen LogP contribution in [-0.2, 0) is 0 Å². The molecule has 4 unspecified atom stereocenters. The zero-order valence-corrected chi connectivity index (χ0v) is 6.94. The third kappa shape index (κ3) is 0.241. The Labute approximate surface area is 62.0 Å². The van der Waals surface area contributed by atoms with Crippen LogP contribution in [0.4, 0.5) is 0 Å². The molecule has 0 aromatic heterocycles. The van der Waals surface area contributed by atoms with E-state index in [1.807, 2.05) is 0 Å². The van der Waals surface area contributed by atoms with Gasteiger partial charge in [0, 0.05) is 5.54 Å². The molecule has 3 aliphatic carbocycles. The summed E-state index contributed by atoms with van der Waals surface area (Å²) in [6.07, 6.45) is 1.43. The van der Waals surface area contributed by atoms with Crippen LogP contribution in [0.5, 0.6) is 0 Å². The van der Waals surface area contributed by atoms with E-state index in [1.165, 1.54) is 6.42 Å². The van der Waals surface area contributed by atoms with Crippen LogP contribution in [0.15, 0.2) is 0 Å². The van der Waals surface area contributed by atoms with E-state index in [0.29, 0.717) is 10.8 Å². The standard InChI is InChI=1S/C9H15N/c1-7(2)5-4-9(5)6(7)8(9,3)10/h5-6H,4,10H2,1-3H3. The third-order valence-corrected chi connectivity index (χ3v) is 4.68. The van der Waals surface area contributed by atoms with Crippen LogP contribution in [0, 0.1) is 22.7 Å². The summed E-state index contributed by atoms with van der Waals surface area (Å²) in [6, 6.07) is 0. The van der Waals surface area contributed by atoms with Crippen molar-refractivity contribution in [1.29, 1.82) is 0 Å². The molecule has 2 N–H and O–H groups in total. The van der Waals surface area contributed by atoms with Crippen molar-refractivity contribution in [3.63, 3.8) is 0 Å². The first-order valence-corrected chi connectivity index (χ1v) is 4.24. The third-order valence-electron chi connectivity index (χ3n) is 4.68. The van der Waals surface area contributed by atoms with Crippen LogP contribution < -0.4 is 5.73 Å². The minimum Gasteiger partial charge on any atom is -0.325 e. The van der Waals surface area contributed by atoms with Crippen LogP contribution in [0.25, 0.3) is 0 Å². The summed E-state index contributed by atoms with van der Waals surface area (Å²) in [5.41, 5.74) is 7.64. The summed E-state index contributed by atoms with van der Waals surface area (Å²) in [4.78, 5) is 0. The van der Waals surface area contributed by atoms with Crippen molar-refractivity contribution in [3.8, 4) is 0 Å². The van der Waals surface area contributed by atoms with Gasteiger partial charge >= 0.3 is 0 Å². The molecule has 0 saturated heterocycles. The SMILES string of the molecule is CC1(C)C2CC23C1C3(C)N. The lowest BCUT2D eigenvalue weighted by atomic mass is 9.72. The Kier molecular flexibility index (Phi) is 0.509. The van der Waals surface area contributed by atoms with E-state index in [9.17, 15) is 0 Å². The Morgan fingerprint density at radius 2 is 1.90 bits per heavy atom. The molecule has 1 heteroatoms. The second-order valence-corrected chi connectivity index (χ2v) is 5.33. The maximum atomic E-state index is 6.17. The van der Waals surface area contributed by atoms with Gasteiger partial charge in [0.25, 0.3) is 0 Å². The van der Waals surface area contributed by atoms with Crippen LogP contribution in [0.3, 0.4) is 0 Å². The van der Waals surface area contributed by atoms with Gasteiger partial charge in [0.1, 0.15) is 0 Å². The zero-order chi connectivity index (χ0) is 7.36. The lowest BCUT2D eigenvalue weighted by Crippen LogP contribution is -2.29. The fourth-order valence-corrected chi connectivity index (χ4v) is 4.41. The van der Waals surface area contributed by atoms with Gasteiger partial charge in [-0.05, 0) is 36.0 Å². The van der Waals surface area contributed by atoms with E-state index >= 15 is 0 Å². The monoisotopic (exact) mass is 137 g/mol. The van der Waals surface area contributed by atoms with Gasteiger partial charge in [-0.25, -0.2) is 0 Å². The normalized spacial score (nSPS) is 73.2. The van der Waals surface area contributed by atoms with Crippen LogP contribution >= 0.6 is 0 Å². The Hall–Kier alpha value is -0.0400. The molecule has 10 heavy (non-hydrogen) atoms. The van der Waals surface area contributed by atoms with Gasteiger partial charge in [-0.1, -0.05) is 13.8 Å². The van der Waals surface area contributed by atoms with Crippen LogP contribution in [-0.4, -0.2) is 5.54 Å². The number of hydrogen-bond acceptors (Lipinski definition) is 1. The van der Waals surface area contributed by atoms with Gasteiger partial charge in [0.15, 0.2) is 0 Å². The van der Waals surface area contributed by atoms with E-state index in [4.69, 9.17) is 5.73 Å². The summed E-state index contributed by atoms with van der Waals surface area (Å²) in [5, 5.41) is 0. The molecular weight excluding hydrogens is 122 g/mol. The molecule has 1 spiro atoms. The molecule has 3 aliphatic rings. The Bertz CT molecular complexity index is 212. The molecule has 0 aromatic rings. The van der Waals surface area contributed by atoms with Crippen LogP contribution in [0.2, 0.25) is 0 Å². The molecule has 0 bridgehead atoms. The molecule has 0 heterocycles. The predicted octanol–water partition coefficient (Wildman–Crippen LogP) is 1.38. The molecule has 56 valence electrons. The summed E-state index contributed by atoms with van der Waals surface area (Å²) >= 11 is 0. The molecule has 3 rings (SSSR count). The highest BCUT2D eigenvalue weighted by atomic mass is 15.1. The molecule has 0 aromatic carbocycles. The highest BCUT2D eigenvalue weighted by Gasteiger charge is 2.97. The van der Waals surface area contributed by atoms with E-state index in [1.54, 1.807) is 0 Å². The molecule has 0 radical (unpaired) electrons. The molecule has 0 amide bonds. The first-order chi connectivity index (χ1) is 4.46. The molecule has 1 nitrogen and oxygen atoms in total. The second-order valence-electron chi connectivity index (χ2n) is 5.33. The summed E-state index contributed by atoms with van der Waals surface area (Å²) in [5.74, 6) is 1.84.